The van der Waals surface area contributed by atoms with Gasteiger partial charge < -0.3 is 23.7 Å². The van der Waals surface area contributed by atoms with Gasteiger partial charge in [-0.3, -0.25) is 0 Å². The molecule has 0 aliphatic carbocycles. The molecule has 0 atom stereocenters. The van der Waals surface area contributed by atoms with E-state index in [2.05, 4.69) is 10.2 Å². The predicted octanol–water partition coefficient (Wildman–Crippen LogP) is 4.36. The van der Waals surface area contributed by atoms with Crippen molar-refractivity contribution in [2.45, 2.75) is 60.2 Å². The Balaban J connectivity index is 2.44. The van der Waals surface area contributed by atoms with Gasteiger partial charge in [0.2, 0.25) is 0 Å². The largest absolute Gasteiger partial charge is 0.467 e. The summed E-state index contributed by atoms with van der Waals surface area (Å²) in [6.45, 7) is 13.2. The number of benzene rings is 1. The molecule has 2 amide bonds. The van der Waals surface area contributed by atoms with E-state index in [1.807, 2.05) is 46.8 Å². The van der Waals surface area contributed by atoms with E-state index >= 15 is 0 Å². The second-order valence-electron chi connectivity index (χ2n) is 8.51. The standard InChI is InChI=1S/C23H35N3O5S/c1-7-25(8-2)19-13-12-18(21(15-19)31-32(28,29)9-3)16-26(17-20-11-10-14-30-20)22(27)24-23(4,5)6/h10-15H,7-9,16-17H2,1-6H3,(H,24,27). The van der Waals surface area contributed by atoms with Crippen molar-refractivity contribution in [2.24, 2.45) is 0 Å². The summed E-state index contributed by atoms with van der Waals surface area (Å²) in [5, 5.41) is 2.96. The number of amides is 2. The molecule has 0 radical (unpaired) electrons. The van der Waals surface area contributed by atoms with Crippen LogP contribution in [0.25, 0.3) is 0 Å². The van der Waals surface area contributed by atoms with Crippen LogP contribution in [0.5, 0.6) is 5.75 Å². The number of carbonyl (C=O) groups excluding carboxylic acids is 1. The summed E-state index contributed by atoms with van der Waals surface area (Å²) in [6.07, 6.45) is 1.55. The van der Waals surface area contributed by atoms with Crippen LogP contribution in [-0.4, -0.2) is 43.7 Å². The van der Waals surface area contributed by atoms with Crippen molar-refractivity contribution in [3.8, 4) is 5.75 Å². The summed E-state index contributed by atoms with van der Waals surface area (Å²) in [7, 11) is -3.74. The molecule has 2 rings (SSSR count). The van der Waals surface area contributed by atoms with Crippen LogP contribution in [0, 0.1) is 0 Å². The van der Waals surface area contributed by atoms with E-state index in [1.165, 1.54) is 6.92 Å². The van der Waals surface area contributed by atoms with E-state index in [1.54, 1.807) is 29.4 Å². The zero-order valence-corrected chi connectivity index (χ0v) is 20.7. The number of carbonyl (C=O) groups is 1. The van der Waals surface area contributed by atoms with Gasteiger partial charge in [-0.05, 0) is 59.7 Å². The summed E-state index contributed by atoms with van der Waals surface area (Å²) < 4.78 is 35.4. The van der Waals surface area contributed by atoms with Crippen molar-refractivity contribution >= 4 is 21.8 Å². The van der Waals surface area contributed by atoms with Crippen LogP contribution in [0.3, 0.4) is 0 Å². The maximum absolute atomic E-state index is 13.0. The molecule has 1 N–H and O–H groups in total. The number of rotatable bonds is 10. The molecule has 2 aromatic rings. The molecule has 0 aliphatic rings. The molecule has 178 valence electrons. The number of hydrogen-bond acceptors (Lipinski definition) is 6. The SMILES string of the molecule is CCN(CC)c1ccc(CN(Cc2ccco2)C(=O)NC(C)(C)C)c(OS(=O)(=O)CC)c1. The average Bonchev–Trinajstić information content (AvgIpc) is 3.21. The van der Waals surface area contributed by atoms with Crippen molar-refractivity contribution in [1.82, 2.24) is 10.2 Å². The Hall–Kier alpha value is -2.68. The van der Waals surface area contributed by atoms with Crippen molar-refractivity contribution in [3.05, 3.63) is 47.9 Å². The van der Waals surface area contributed by atoms with Crippen LogP contribution in [-0.2, 0) is 23.2 Å². The Kier molecular flexibility index (Phi) is 8.60. The molecule has 8 nitrogen and oxygen atoms in total. The van der Waals surface area contributed by atoms with Gasteiger partial charge in [0.15, 0.2) is 0 Å². The Morgan fingerprint density at radius 2 is 1.78 bits per heavy atom. The first-order valence-electron chi connectivity index (χ1n) is 10.9. The third-order valence-corrected chi connectivity index (χ3v) is 5.95. The fourth-order valence-electron chi connectivity index (χ4n) is 3.13. The molecule has 9 heteroatoms. The third kappa shape index (κ3) is 7.47. The molecule has 0 bridgehead atoms. The second kappa shape index (κ2) is 10.8. The molecule has 1 aromatic heterocycles. The fraction of sp³-hybridized carbons (Fsp3) is 0.522. The van der Waals surface area contributed by atoms with Gasteiger partial charge >= 0.3 is 16.1 Å². The van der Waals surface area contributed by atoms with Crippen LogP contribution in [0.4, 0.5) is 10.5 Å². The van der Waals surface area contributed by atoms with Gasteiger partial charge in [0.1, 0.15) is 11.5 Å². The van der Waals surface area contributed by atoms with Gasteiger partial charge in [-0.15, -0.1) is 0 Å². The van der Waals surface area contributed by atoms with Gasteiger partial charge in [0, 0.05) is 35.9 Å². The molecule has 0 saturated carbocycles. The molecular weight excluding hydrogens is 430 g/mol. The highest BCUT2D eigenvalue weighted by atomic mass is 32.2. The summed E-state index contributed by atoms with van der Waals surface area (Å²) in [5.74, 6) is 0.699. The summed E-state index contributed by atoms with van der Waals surface area (Å²) in [6, 6.07) is 8.72. The van der Waals surface area contributed by atoms with Crippen LogP contribution in [0.15, 0.2) is 41.0 Å². The minimum absolute atomic E-state index is 0.149. The summed E-state index contributed by atoms with van der Waals surface area (Å²) >= 11 is 0. The minimum Gasteiger partial charge on any atom is -0.467 e. The summed E-state index contributed by atoms with van der Waals surface area (Å²) in [4.78, 5) is 16.7. The van der Waals surface area contributed by atoms with Gasteiger partial charge in [0.25, 0.3) is 0 Å². The molecule has 0 aliphatic heterocycles. The molecule has 0 saturated heterocycles. The van der Waals surface area contributed by atoms with E-state index in [9.17, 15) is 13.2 Å². The zero-order valence-electron chi connectivity index (χ0n) is 19.8. The predicted molar refractivity (Wildman–Crippen MR) is 126 cm³/mol. The van der Waals surface area contributed by atoms with Crippen LogP contribution in [0.2, 0.25) is 0 Å². The van der Waals surface area contributed by atoms with Crippen LogP contribution in [0.1, 0.15) is 52.9 Å². The highest BCUT2D eigenvalue weighted by Crippen LogP contribution is 2.29. The lowest BCUT2D eigenvalue weighted by Crippen LogP contribution is -2.48. The van der Waals surface area contributed by atoms with E-state index in [-0.39, 0.29) is 30.6 Å². The van der Waals surface area contributed by atoms with Crippen molar-refractivity contribution < 1.29 is 21.8 Å². The van der Waals surface area contributed by atoms with E-state index in [4.69, 9.17) is 8.60 Å². The smallest absolute Gasteiger partial charge is 0.318 e. The Labute approximate surface area is 191 Å². The zero-order chi connectivity index (χ0) is 23.9. The molecule has 0 spiro atoms. The topological polar surface area (TPSA) is 92.1 Å². The lowest BCUT2D eigenvalue weighted by Gasteiger charge is -2.29. The molecule has 1 heterocycles. The van der Waals surface area contributed by atoms with Crippen molar-refractivity contribution in [1.29, 1.82) is 0 Å². The molecule has 0 unspecified atom stereocenters. The number of nitrogens with one attached hydrogen (secondary N) is 1. The number of anilines is 1. The first-order chi connectivity index (χ1) is 15.0. The average molecular weight is 466 g/mol. The Bertz CT molecular complexity index is 978. The first kappa shape index (κ1) is 25.6. The number of furan rings is 1. The lowest BCUT2D eigenvalue weighted by molar-refractivity contribution is 0.178. The lowest BCUT2D eigenvalue weighted by atomic mass is 10.1. The maximum atomic E-state index is 13.0. The maximum Gasteiger partial charge on any atom is 0.318 e. The van der Waals surface area contributed by atoms with E-state index in [0.717, 1.165) is 18.8 Å². The van der Waals surface area contributed by atoms with Gasteiger partial charge in [0.05, 0.1) is 25.1 Å². The fourth-order valence-corrected chi connectivity index (χ4v) is 3.67. The normalized spacial score (nSPS) is 11.8. The highest BCUT2D eigenvalue weighted by Gasteiger charge is 2.24. The molecule has 1 aromatic carbocycles. The minimum atomic E-state index is -3.74. The van der Waals surface area contributed by atoms with Gasteiger partial charge in [-0.1, -0.05) is 6.07 Å². The van der Waals surface area contributed by atoms with Crippen molar-refractivity contribution in [2.75, 3.05) is 23.7 Å². The Morgan fingerprint density at radius 1 is 1.09 bits per heavy atom. The summed E-state index contributed by atoms with van der Waals surface area (Å²) in [5.41, 5.74) is 1.01. The number of hydrogen-bond donors (Lipinski definition) is 1. The molecular formula is C23H35N3O5S. The first-order valence-corrected chi connectivity index (χ1v) is 12.4. The third-order valence-electron chi connectivity index (χ3n) is 4.81. The number of urea groups is 1. The second-order valence-corrected chi connectivity index (χ2v) is 10.4. The van der Waals surface area contributed by atoms with E-state index < -0.39 is 15.7 Å². The van der Waals surface area contributed by atoms with Gasteiger partial charge in [-0.2, -0.15) is 8.42 Å². The Morgan fingerprint density at radius 3 is 2.31 bits per heavy atom. The monoisotopic (exact) mass is 465 g/mol. The van der Waals surface area contributed by atoms with Gasteiger partial charge in [-0.25, -0.2) is 4.79 Å². The van der Waals surface area contributed by atoms with E-state index in [0.29, 0.717) is 11.3 Å². The van der Waals surface area contributed by atoms with Crippen LogP contribution >= 0.6 is 0 Å². The highest BCUT2D eigenvalue weighted by molar-refractivity contribution is 7.87. The van der Waals surface area contributed by atoms with Crippen molar-refractivity contribution in [3.63, 3.8) is 0 Å². The van der Waals surface area contributed by atoms with Crippen LogP contribution < -0.4 is 14.4 Å². The number of nitrogens with zero attached hydrogens (tertiary/aromatic N) is 2. The molecule has 0 fully saturated rings. The molecule has 32 heavy (non-hydrogen) atoms. The quantitative estimate of drug-likeness (QED) is 0.524.